The highest BCUT2D eigenvalue weighted by molar-refractivity contribution is 8.00. The first kappa shape index (κ1) is 15.9. The first-order valence-corrected chi connectivity index (χ1v) is 9.30. The van der Waals surface area contributed by atoms with Crippen LogP contribution >= 0.6 is 11.8 Å². The van der Waals surface area contributed by atoms with Gasteiger partial charge < -0.3 is 10.2 Å². The zero-order chi connectivity index (χ0) is 15.5. The summed E-state index contributed by atoms with van der Waals surface area (Å²) in [5.41, 5.74) is 2.52. The molecule has 2 heterocycles. The molecular formula is C18H26N2OS. The predicted molar refractivity (Wildman–Crippen MR) is 92.3 cm³/mol. The van der Waals surface area contributed by atoms with Gasteiger partial charge in [-0.15, -0.1) is 11.8 Å². The van der Waals surface area contributed by atoms with E-state index in [1.165, 1.54) is 16.0 Å². The van der Waals surface area contributed by atoms with Crippen LogP contribution in [0.15, 0.2) is 23.1 Å². The minimum atomic E-state index is 0.304. The standard InChI is InChI=1S/C18H26N2OS/c1-13-3-4-14(2)17(9-13)22-12-18(21)20-7-5-15-10-19-11-16(15)6-8-20/h3-4,9,15-16,19H,5-8,10-12H2,1-2H3/t15-,16+. The van der Waals surface area contributed by atoms with E-state index < -0.39 is 0 Å². The lowest BCUT2D eigenvalue weighted by molar-refractivity contribution is -0.128. The Bertz CT molecular complexity index is 532. The molecule has 2 aliphatic heterocycles. The Kier molecular flexibility index (Phi) is 5.09. The van der Waals surface area contributed by atoms with Gasteiger partial charge >= 0.3 is 0 Å². The number of nitrogens with one attached hydrogen (secondary N) is 1. The maximum absolute atomic E-state index is 12.5. The minimum absolute atomic E-state index is 0.304. The van der Waals surface area contributed by atoms with Crippen LogP contribution in [0.5, 0.6) is 0 Å². The maximum Gasteiger partial charge on any atom is 0.232 e. The van der Waals surface area contributed by atoms with Gasteiger partial charge in [0.2, 0.25) is 5.91 Å². The second kappa shape index (κ2) is 7.05. The summed E-state index contributed by atoms with van der Waals surface area (Å²) in [6.07, 6.45) is 2.33. The molecule has 1 N–H and O–H groups in total. The van der Waals surface area contributed by atoms with E-state index >= 15 is 0 Å². The molecule has 2 atom stereocenters. The number of carbonyl (C=O) groups excluding carboxylic acids is 1. The number of carbonyl (C=O) groups is 1. The summed E-state index contributed by atoms with van der Waals surface area (Å²) < 4.78 is 0. The van der Waals surface area contributed by atoms with Gasteiger partial charge in [0.15, 0.2) is 0 Å². The number of aryl methyl sites for hydroxylation is 2. The molecule has 0 unspecified atom stereocenters. The number of hydrogen-bond acceptors (Lipinski definition) is 3. The summed E-state index contributed by atoms with van der Waals surface area (Å²) >= 11 is 1.69. The molecule has 1 aromatic rings. The molecule has 3 nitrogen and oxygen atoms in total. The molecule has 1 amide bonds. The summed E-state index contributed by atoms with van der Waals surface area (Å²) in [6, 6.07) is 6.46. The van der Waals surface area contributed by atoms with Crippen molar-refractivity contribution in [3.63, 3.8) is 0 Å². The Morgan fingerprint density at radius 2 is 1.91 bits per heavy atom. The lowest BCUT2D eigenvalue weighted by Gasteiger charge is -2.21. The number of thioether (sulfide) groups is 1. The van der Waals surface area contributed by atoms with Crippen LogP contribution in [0.2, 0.25) is 0 Å². The van der Waals surface area contributed by atoms with Gasteiger partial charge in [-0.3, -0.25) is 4.79 Å². The van der Waals surface area contributed by atoms with Gasteiger partial charge in [-0.1, -0.05) is 17.7 Å². The third-order valence-corrected chi connectivity index (χ3v) is 6.21. The molecule has 0 bridgehead atoms. The van der Waals surface area contributed by atoms with E-state index in [9.17, 15) is 4.79 Å². The van der Waals surface area contributed by atoms with Crippen LogP contribution in [-0.2, 0) is 4.79 Å². The van der Waals surface area contributed by atoms with Crippen molar-refractivity contribution in [3.8, 4) is 0 Å². The van der Waals surface area contributed by atoms with Gasteiger partial charge in [-0.2, -0.15) is 0 Å². The van der Waals surface area contributed by atoms with Crippen molar-refractivity contribution in [2.24, 2.45) is 11.8 Å². The summed E-state index contributed by atoms with van der Waals surface area (Å²) in [5, 5.41) is 3.49. The Morgan fingerprint density at radius 3 is 2.59 bits per heavy atom. The summed E-state index contributed by atoms with van der Waals surface area (Å²) in [4.78, 5) is 15.9. The van der Waals surface area contributed by atoms with Gasteiger partial charge in [-0.05, 0) is 63.2 Å². The summed E-state index contributed by atoms with van der Waals surface area (Å²) in [7, 11) is 0. The zero-order valence-corrected chi connectivity index (χ0v) is 14.4. The van der Waals surface area contributed by atoms with Crippen molar-refractivity contribution in [1.29, 1.82) is 0 Å². The SMILES string of the molecule is Cc1ccc(C)c(SCC(=O)N2CC[C@@H]3CNC[C@@H]3CC2)c1. The first-order chi connectivity index (χ1) is 10.6. The highest BCUT2D eigenvalue weighted by Crippen LogP contribution is 2.28. The quantitative estimate of drug-likeness (QED) is 0.870. The average Bonchev–Trinajstić information content (AvgIpc) is 2.86. The summed E-state index contributed by atoms with van der Waals surface area (Å²) in [6.45, 7) is 8.39. The molecule has 22 heavy (non-hydrogen) atoms. The molecule has 2 fully saturated rings. The van der Waals surface area contributed by atoms with Crippen LogP contribution in [0.3, 0.4) is 0 Å². The third-order valence-electron chi connectivity index (χ3n) is 5.07. The molecule has 0 aromatic heterocycles. The molecule has 4 heteroatoms. The number of nitrogens with zero attached hydrogens (tertiary/aromatic N) is 1. The predicted octanol–water partition coefficient (Wildman–Crippen LogP) is 2.85. The lowest BCUT2D eigenvalue weighted by Crippen LogP contribution is -2.34. The number of likely N-dealkylation sites (tertiary alicyclic amines) is 1. The topological polar surface area (TPSA) is 32.3 Å². The van der Waals surface area contributed by atoms with E-state index in [0.717, 1.165) is 50.9 Å². The molecule has 2 aliphatic rings. The monoisotopic (exact) mass is 318 g/mol. The number of rotatable bonds is 3. The zero-order valence-electron chi connectivity index (χ0n) is 13.6. The van der Waals surface area contributed by atoms with Crippen LogP contribution in [-0.4, -0.2) is 42.7 Å². The molecule has 0 aliphatic carbocycles. The maximum atomic E-state index is 12.5. The van der Waals surface area contributed by atoms with Gasteiger partial charge in [0.1, 0.15) is 0 Å². The van der Waals surface area contributed by atoms with E-state index in [2.05, 4.69) is 42.3 Å². The Labute approximate surface area is 137 Å². The highest BCUT2D eigenvalue weighted by Gasteiger charge is 2.31. The van der Waals surface area contributed by atoms with E-state index in [-0.39, 0.29) is 0 Å². The van der Waals surface area contributed by atoms with E-state index in [1.54, 1.807) is 11.8 Å². The van der Waals surface area contributed by atoms with Crippen molar-refractivity contribution in [3.05, 3.63) is 29.3 Å². The van der Waals surface area contributed by atoms with Crippen LogP contribution in [0.25, 0.3) is 0 Å². The van der Waals surface area contributed by atoms with Crippen LogP contribution in [0.4, 0.5) is 0 Å². The van der Waals surface area contributed by atoms with E-state index in [0.29, 0.717) is 11.7 Å². The lowest BCUT2D eigenvalue weighted by atomic mass is 9.92. The number of amides is 1. The Balaban J connectivity index is 1.54. The van der Waals surface area contributed by atoms with Crippen LogP contribution in [0, 0.1) is 25.7 Å². The second-order valence-electron chi connectivity index (χ2n) is 6.69. The molecule has 1 aromatic carbocycles. The highest BCUT2D eigenvalue weighted by atomic mass is 32.2. The van der Waals surface area contributed by atoms with Crippen molar-refractivity contribution in [2.75, 3.05) is 31.9 Å². The van der Waals surface area contributed by atoms with E-state index in [4.69, 9.17) is 0 Å². The molecule has 120 valence electrons. The van der Waals surface area contributed by atoms with Crippen molar-refractivity contribution >= 4 is 17.7 Å². The largest absolute Gasteiger partial charge is 0.342 e. The van der Waals surface area contributed by atoms with Gasteiger partial charge in [0, 0.05) is 18.0 Å². The second-order valence-corrected chi connectivity index (χ2v) is 7.71. The minimum Gasteiger partial charge on any atom is -0.342 e. The third kappa shape index (κ3) is 3.66. The smallest absolute Gasteiger partial charge is 0.232 e. The first-order valence-electron chi connectivity index (χ1n) is 8.32. The Morgan fingerprint density at radius 1 is 1.23 bits per heavy atom. The average molecular weight is 318 g/mol. The normalized spacial score (nSPS) is 24.9. The van der Waals surface area contributed by atoms with Crippen LogP contribution < -0.4 is 5.32 Å². The molecule has 0 saturated carbocycles. The van der Waals surface area contributed by atoms with Crippen molar-refractivity contribution < 1.29 is 4.79 Å². The molecule has 0 spiro atoms. The van der Waals surface area contributed by atoms with Crippen LogP contribution in [0.1, 0.15) is 24.0 Å². The number of hydrogen-bond donors (Lipinski definition) is 1. The molecule has 2 saturated heterocycles. The van der Waals surface area contributed by atoms with Gasteiger partial charge in [0.05, 0.1) is 5.75 Å². The molecule has 0 radical (unpaired) electrons. The van der Waals surface area contributed by atoms with E-state index in [1.807, 2.05) is 0 Å². The molecular weight excluding hydrogens is 292 g/mol. The fraction of sp³-hybridized carbons (Fsp3) is 0.611. The number of fused-ring (bicyclic) bond motifs is 1. The Hall–Kier alpha value is -1.00. The number of benzene rings is 1. The molecule has 3 rings (SSSR count). The fourth-order valence-corrected chi connectivity index (χ4v) is 4.59. The van der Waals surface area contributed by atoms with Crippen molar-refractivity contribution in [1.82, 2.24) is 10.2 Å². The van der Waals surface area contributed by atoms with Gasteiger partial charge in [0.25, 0.3) is 0 Å². The summed E-state index contributed by atoms with van der Waals surface area (Å²) in [5.74, 6) is 2.44. The van der Waals surface area contributed by atoms with Crippen molar-refractivity contribution in [2.45, 2.75) is 31.6 Å². The fourth-order valence-electron chi connectivity index (χ4n) is 3.56. The van der Waals surface area contributed by atoms with Gasteiger partial charge in [-0.25, -0.2) is 0 Å².